The minimum atomic E-state index is -1.37. The number of fused-ring (bicyclic) bond motifs is 4. The Hall–Kier alpha value is -3.14. The largest absolute Gasteiger partial charge is 0.493 e. The molecule has 6 rings (SSSR count). The molecule has 1 amide bonds. The van der Waals surface area contributed by atoms with Gasteiger partial charge in [0, 0.05) is 33.8 Å². The van der Waals surface area contributed by atoms with Crippen molar-refractivity contribution >= 4 is 39.1 Å². The van der Waals surface area contributed by atoms with Crippen LogP contribution in [-0.4, -0.2) is 41.5 Å². The fourth-order valence-electron chi connectivity index (χ4n) is 6.63. The van der Waals surface area contributed by atoms with Crippen molar-refractivity contribution in [3.63, 3.8) is 0 Å². The monoisotopic (exact) mass is 597 g/mol. The van der Waals surface area contributed by atoms with Gasteiger partial charge in [-0.25, -0.2) is 0 Å². The molecule has 3 aliphatic heterocycles. The Morgan fingerprint density at radius 3 is 2.79 bits per heavy atom. The number of carbonyl (C=O) groups excluding carboxylic acids is 1. The molecule has 10 heteroatoms. The molecule has 3 aromatic carbocycles. The summed E-state index contributed by atoms with van der Waals surface area (Å²) in [4.78, 5) is 28.3. The number of rotatable bonds is 6. The number of hydrogen-bond acceptors (Lipinski definition) is 6. The van der Waals surface area contributed by atoms with Crippen LogP contribution in [0.25, 0.3) is 0 Å². The molecule has 1 N–H and O–H groups in total. The van der Waals surface area contributed by atoms with Gasteiger partial charge in [0.05, 0.1) is 17.5 Å². The lowest BCUT2D eigenvalue weighted by molar-refractivity contribution is -0.534. The number of nitrogens with zero attached hydrogens (tertiary/aromatic N) is 2. The van der Waals surface area contributed by atoms with Crippen LogP contribution in [0.2, 0.25) is 5.02 Å². The summed E-state index contributed by atoms with van der Waals surface area (Å²) >= 11 is 9.73. The van der Waals surface area contributed by atoms with Crippen LogP contribution >= 0.6 is 27.5 Å². The van der Waals surface area contributed by atoms with Gasteiger partial charge in [-0.05, 0) is 70.2 Å². The van der Waals surface area contributed by atoms with E-state index in [4.69, 9.17) is 21.1 Å². The Morgan fingerprint density at radius 1 is 1.21 bits per heavy atom. The maximum Gasteiger partial charge on any atom is 0.256 e. The lowest BCUT2D eigenvalue weighted by atomic mass is 9.77. The average molecular weight is 599 g/mol. The first-order chi connectivity index (χ1) is 18.4. The van der Waals surface area contributed by atoms with Gasteiger partial charge in [-0.2, -0.15) is 0 Å². The number of carbonyl (C=O) groups is 1. The van der Waals surface area contributed by atoms with E-state index in [1.54, 1.807) is 13.2 Å². The Kier molecular flexibility index (Phi) is 6.32. The van der Waals surface area contributed by atoms with Gasteiger partial charge in [0.25, 0.3) is 11.9 Å². The van der Waals surface area contributed by atoms with Gasteiger partial charge in [-0.15, -0.1) is 0 Å². The van der Waals surface area contributed by atoms with E-state index >= 15 is 0 Å². The van der Waals surface area contributed by atoms with Gasteiger partial charge in [0.2, 0.25) is 0 Å². The maximum atomic E-state index is 13.7. The van der Waals surface area contributed by atoms with Gasteiger partial charge >= 0.3 is 0 Å². The van der Waals surface area contributed by atoms with Crippen molar-refractivity contribution in [1.82, 2.24) is 4.90 Å². The summed E-state index contributed by atoms with van der Waals surface area (Å²) in [6, 6.07) is 17.0. The Labute approximate surface area is 233 Å². The quantitative estimate of drug-likeness (QED) is 0.287. The molecule has 38 heavy (non-hydrogen) atoms. The molecule has 3 aromatic rings. The predicted octanol–water partition coefficient (Wildman–Crippen LogP) is 5.74. The SMILES string of the molecule is COc1cc([C@H]2[C@H]([N+](=O)[O-])[C@]3(C(=O)Nc4ccccc43)N3CCC[C@@H]23)cc(Br)c1OCc1cccc(Cl)c1. The number of ether oxygens (including phenoxy) is 2. The molecule has 0 bridgehead atoms. The van der Waals surface area contributed by atoms with Crippen molar-refractivity contribution in [2.75, 3.05) is 19.0 Å². The molecule has 3 aliphatic rings. The van der Waals surface area contributed by atoms with Gasteiger partial charge in [-0.1, -0.05) is 41.9 Å². The summed E-state index contributed by atoms with van der Waals surface area (Å²) in [7, 11) is 1.54. The van der Waals surface area contributed by atoms with E-state index in [9.17, 15) is 14.9 Å². The van der Waals surface area contributed by atoms with E-state index in [1.807, 2.05) is 54.6 Å². The number of nitro groups is 1. The summed E-state index contributed by atoms with van der Waals surface area (Å²) in [5.41, 5.74) is 1.58. The van der Waals surface area contributed by atoms with Crippen LogP contribution in [-0.2, 0) is 16.9 Å². The van der Waals surface area contributed by atoms with Crippen LogP contribution in [0.5, 0.6) is 11.5 Å². The number of halogens is 2. The first-order valence-electron chi connectivity index (χ1n) is 12.4. The van der Waals surface area contributed by atoms with Crippen LogP contribution < -0.4 is 14.8 Å². The van der Waals surface area contributed by atoms with Crippen LogP contribution in [0.15, 0.2) is 65.1 Å². The lowest BCUT2D eigenvalue weighted by Crippen LogP contribution is -2.55. The number of para-hydroxylation sites is 1. The molecular formula is C28H25BrClN3O5. The second kappa shape index (κ2) is 9.55. The third-order valence-electron chi connectivity index (χ3n) is 8.00. The van der Waals surface area contributed by atoms with Gasteiger partial charge in [0.1, 0.15) is 6.61 Å². The van der Waals surface area contributed by atoms with E-state index in [1.165, 1.54) is 0 Å². The third kappa shape index (κ3) is 3.71. The van der Waals surface area contributed by atoms with E-state index in [-0.39, 0.29) is 23.5 Å². The molecule has 3 heterocycles. The lowest BCUT2D eigenvalue weighted by Gasteiger charge is -2.32. The number of methoxy groups -OCH3 is 1. The molecule has 196 valence electrons. The number of benzene rings is 3. The molecule has 0 aliphatic carbocycles. The first-order valence-corrected chi connectivity index (χ1v) is 13.6. The highest BCUT2D eigenvalue weighted by atomic mass is 79.9. The van der Waals surface area contributed by atoms with E-state index in [0.717, 1.165) is 24.0 Å². The highest BCUT2D eigenvalue weighted by Crippen LogP contribution is 2.58. The fourth-order valence-corrected chi connectivity index (χ4v) is 7.42. The third-order valence-corrected chi connectivity index (χ3v) is 8.83. The molecule has 1 spiro atoms. The van der Waals surface area contributed by atoms with Crippen molar-refractivity contribution in [3.8, 4) is 11.5 Å². The molecule has 0 aromatic heterocycles. The van der Waals surface area contributed by atoms with Crippen LogP contribution in [0.1, 0.15) is 35.4 Å². The second-order valence-electron chi connectivity index (χ2n) is 9.88. The van der Waals surface area contributed by atoms with Crippen LogP contribution in [0.3, 0.4) is 0 Å². The molecule has 4 atom stereocenters. The zero-order chi connectivity index (χ0) is 26.6. The molecular weight excluding hydrogens is 574 g/mol. The molecule has 0 unspecified atom stereocenters. The van der Waals surface area contributed by atoms with Gasteiger partial charge < -0.3 is 14.8 Å². The van der Waals surface area contributed by atoms with E-state index < -0.39 is 17.5 Å². The van der Waals surface area contributed by atoms with E-state index in [0.29, 0.717) is 38.8 Å². The summed E-state index contributed by atoms with van der Waals surface area (Å²) in [6.45, 7) is 0.888. The van der Waals surface area contributed by atoms with E-state index in [2.05, 4.69) is 26.1 Å². The zero-order valence-electron chi connectivity index (χ0n) is 20.5. The molecule has 8 nitrogen and oxygen atoms in total. The highest BCUT2D eigenvalue weighted by molar-refractivity contribution is 9.10. The highest BCUT2D eigenvalue weighted by Gasteiger charge is 2.73. The average Bonchev–Trinajstić information content (AvgIpc) is 3.56. The minimum Gasteiger partial charge on any atom is -0.493 e. The standard InChI is InChI=1S/C28H25BrClN3O5/c1-37-23-14-17(13-20(29)25(23)38-15-16-6-4-7-18(30)12-16)24-22-10-5-11-32(22)28(26(24)33(35)36)19-8-2-3-9-21(19)31-27(28)34/h2-4,6-9,12-14,22,24,26H,5,10-11,15H2,1H3,(H,31,34)/t22-,24+,26-,28+/m0/s1. The number of anilines is 1. The van der Waals surface area contributed by atoms with Crippen LogP contribution in [0.4, 0.5) is 5.69 Å². The Bertz CT molecular complexity index is 1450. The van der Waals surface area contributed by atoms with Crippen LogP contribution in [0, 0.1) is 10.1 Å². The predicted molar refractivity (Wildman–Crippen MR) is 146 cm³/mol. The van der Waals surface area contributed by atoms with Crippen molar-refractivity contribution in [2.45, 2.75) is 43.0 Å². The second-order valence-corrected chi connectivity index (χ2v) is 11.2. The van der Waals surface area contributed by atoms with Crippen molar-refractivity contribution in [1.29, 1.82) is 0 Å². The van der Waals surface area contributed by atoms with Crippen molar-refractivity contribution < 1.29 is 19.2 Å². The van der Waals surface area contributed by atoms with Gasteiger partial charge in [-0.3, -0.25) is 19.8 Å². The Morgan fingerprint density at radius 2 is 2.03 bits per heavy atom. The summed E-state index contributed by atoms with van der Waals surface area (Å²) in [6.07, 6.45) is 1.63. The maximum absolute atomic E-state index is 13.7. The number of hydrogen-bond donors (Lipinski definition) is 1. The number of amides is 1. The minimum absolute atomic E-state index is 0.169. The summed E-state index contributed by atoms with van der Waals surface area (Å²) < 4.78 is 12.4. The van der Waals surface area contributed by atoms with Crippen molar-refractivity contribution in [2.24, 2.45) is 0 Å². The van der Waals surface area contributed by atoms with Gasteiger partial charge in [0.15, 0.2) is 17.0 Å². The van der Waals surface area contributed by atoms with Crippen molar-refractivity contribution in [3.05, 3.63) is 97.0 Å². The molecule has 0 radical (unpaired) electrons. The normalized spacial score (nSPS) is 25.8. The fraction of sp³-hybridized carbons (Fsp3) is 0.321. The molecule has 2 saturated heterocycles. The smallest absolute Gasteiger partial charge is 0.256 e. The molecule has 0 saturated carbocycles. The first kappa shape index (κ1) is 25.2. The summed E-state index contributed by atoms with van der Waals surface area (Å²) in [5, 5.41) is 16.4. The zero-order valence-corrected chi connectivity index (χ0v) is 22.9. The Balaban J connectivity index is 1.43. The topological polar surface area (TPSA) is 93.9 Å². The number of nitrogens with one attached hydrogen (secondary N) is 1. The summed E-state index contributed by atoms with van der Waals surface area (Å²) in [5.74, 6) is 0.0907. The molecule has 2 fully saturated rings.